The van der Waals surface area contributed by atoms with Crippen LogP contribution >= 0.6 is 15.9 Å². The van der Waals surface area contributed by atoms with E-state index in [4.69, 9.17) is 0 Å². The number of aromatic hydroxyl groups is 1. The molecule has 0 unspecified atom stereocenters. The summed E-state index contributed by atoms with van der Waals surface area (Å²) < 4.78 is -0.772. The Kier molecular flexibility index (Phi) is 3.26. The topological polar surface area (TPSA) is 57.6 Å². The molecule has 4 nitrogen and oxygen atoms in total. The van der Waals surface area contributed by atoms with Gasteiger partial charge >= 0.3 is 0 Å². The van der Waals surface area contributed by atoms with Crippen LogP contribution in [0.2, 0.25) is 0 Å². The summed E-state index contributed by atoms with van der Waals surface area (Å²) in [4.78, 5) is 28.5. The summed E-state index contributed by atoms with van der Waals surface area (Å²) in [6.45, 7) is 0. The summed E-state index contributed by atoms with van der Waals surface area (Å²) in [5, 5.41) is 10.3. The van der Waals surface area contributed by atoms with Crippen molar-refractivity contribution in [3.8, 4) is 5.75 Å². The lowest BCUT2D eigenvalue weighted by molar-refractivity contribution is -0.122. The van der Waals surface area contributed by atoms with Gasteiger partial charge in [0.2, 0.25) is 11.8 Å². The molecule has 2 amide bonds. The van der Waals surface area contributed by atoms with Crippen molar-refractivity contribution in [1.82, 2.24) is 0 Å². The lowest BCUT2D eigenvalue weighted by Gasteiger charge is -2.51. The molecular formula is C24H16BrNO3. The Balaban J connectivity index is 1.64. The Bertz CT molecular complexity index is 1170. The number of hydrogen-bond donors (Lipinski definition) is 1. The fourth-order valence-corrected chi connectivity index (χ4v) is 6.77. The van der Waals surface area contributed by atoms with Crippen LogP contribution in [-0.4, -0.2) is 16.9 Å². The van der Waals surface area contributed by atoms with Crippen molar-refractivity contribution in [1.29, 1.82) is 0 Å². The van der Waals surface area contributed by atoms with E-state index in [2.05, 4.69) is 28.1 Å². The van der Waals surface area contributed by atoms with Gasteiger partial charge in [0.05, 0.1) is 21.8 Å². The molecule has 3 aromatic rings. The maximum Gasteiger partial charge on any atom is 0.239 e. The highest BCUT2D eigenvalue weighted by atomic mass is 79.9. The van der Waals surface area contributed by atoms with Gasteiger partial charge in [0.25, 0.3) is 0 Å². The number of carbonyl (C=O) groups is 2. The number of imide groups is 1. The number of phenols is 1. The van der Waals surface area contributed by atoms with E-state index in [0.29, 0.717) is 0 Å². The standard InChI is InChI=1S/C24H16BrNO3/c25-24-15-9-3-1-7-13(15)19(14-8-2-4-10-16(14)24)20-21(24)23(29)26(22(20)28)17-11-5-6-12-18(17)27/h1-12,19-21,27H/t19?,20-,21-,24?/m1/s1. The molecule has 7 rings (SSSR count). The number of carbonyl (C=O) groups excluding carboxylic acids is 2. The van der Waals surface area contributed by atoms with Crippen molar-refractivity contribution in [2.75, 3.05) is 4.90 Å². The Morgan fingerprint density at radius 3 is 1.97 bits per heavy atom. The third-order valence-corrected chi connectivity index (χ3v) is 7.98. The van der Waals surface area contributed by atoms with Gasteiger partial charge in [-0.15, -0.1) is 0 Å². The monoisotopic (exact) mass is 445 g/mol. The van der Waals surface area contributed by atoms with E-state index >= 15 is 0 Å². The Morgan fingerprint density at radius 2 is 1.34 bits per heavy atom. The number of benzene rings is 3. The van der Waals surface area contributed by atoms with E-state index in [1.807, 2.05) is 36.4 Å². The first-order valence-electron chi connectivity index (χ1n) is 9.58. The maximum atomic E-state index is 13.7. The van der Waals surface area contributed by atoms with Crippen LogP contribution in [0.5, 0.6) is 5.75 Å². The summed E-state index contributed by atoms with van der Waals surface area (Å²) in [7, 11) is 0. The number of rotatable bonds is 1. The zero-order valence-electron chi connectivity index (χ0n) is 15.2. The molecule has 3 aromatic carbocycles. The van der Waals surface area contributed by atoms with Gasteiger partial charge in [-0.1, -0.05) is 76.6 Å². The molecular weight excluding hydrogens is 430 g/mol. The van der Waals surface area contributed by atoms with Gasteiger partial charge in [0.15, 0.2) is 0 Å². The van der Waals surface area contributed by atoms with Crippen LogP contribution in [0.4, 0.5) is 5.69 Å². The number of nitrogens with zero attached hydrogens (tertiary/aromatic N) is 1. The fraction of sp³-hybridized carbons (Fsp3) is 0.167. The number of hydrogen-bond acceptors (Lipinski definition) is 3. The van der Waals surface area contributed by atoms with Gasteiger partial charge in [-0.3, -0.25) is 9.59 Å². The predicted octanol–water partition coefficient (Wildman–Crippen LogP) is 4.30. The van der Waals surface area contributed by atoms with E-state index in [1.54, 1.807) is 18.2 Å². The summed E-state index contributed by atoms with van der Waals surface area (Å²) in [5.41, 5.74) is 4.52. The molecule has 2 atom stereocenters. The molecule has 142 valence electrons. The first-order chi connectivity index (χ1) is 14.0. The van der Waals surface area contributed by atoms with Crippen molar-refractivity contribution < 1.29 is 14.7 Å². The summed E-state index contributed by atoms with van der Waals surface area (Å²) in [6, 6.07) is 22.6. The van der Waals surface area contributed by atoms with Gasteiger partial charge in [-0.25, -0.2) is 4.90 Å². The van der Waals surface area contributed by atoms with Crippen LogP contribution in [0, 0.1) is 11.8 Å². The molecule has 1 fully saturated rings. The van der Waals surface area contributed by atoms with Gasteiger partial charge in [-0.2, -0.15) is 0 Å². The number of alkyl halides is 1. The van der Waals surface area contributed by atoms with Crippen LogP contribution < -0.4 is 4.90 Å². The average molecular weight is 446 g/mol. The molecule has 3 aliphatic carbocycles. The minimum atomic E-state index is -0.772. The van der Waals surface area contributed by atoms with Gasteiger partial charge < -0.3 is 5.11 Å². The third kappa shape index (κ3) is 1.89. The second-order valence-electron chi connectivity index (χ2n) is 7.87. The van der Waals surface area contributed by atoms with Gasteiger partial charge in [-0.05, 0) is 34.4 Å². The van der Waals surface area contributed by atoms with E-state index in [0.717, 1.165) is 22.3 Å². The molecule has 0 radical (unpaired) electrons. The molecule has 0 aromatic heterocycles. The number of amides is 2. The highest BCUT2D eigenvalue weighted by Crippen LogP contribution is 2.66. The van der Waals surface area contributed by atoms with Crippen LogP contribution in [-0.2, 0) is 13.9 Å². The lowest BCUT2D eigenvalue weighted by atomic mass is 9.55. The summed E-state index contributed by atoms with van der Waals surface area (Å²) in [5.74, 6) is -1.85. The highest BCUT2D eigenvalue weighted by Gasteiger charge is 2.67. The number of halogens is 1. The molecule has 1 N–H and O–H groups in total. The second-order valence-corrected chi connectivity index (χ2v) is 9.12. The Hall–Kier alpha value is -2.92. The average Bonchev–Trinajstić information content (AvgIpc) is 3.01. The Labute approximate surface area is 175 Å². The minimum absolute atomic E-state index is 0.0705. The molecule has 0 saturated carbocycles. The second kappa shape index (κ2) is 5.57. The zero-order valence-corrected chi connectivity index (χ0v) is 16.8. The van der Waals surface area contributed by atoms with Crippen molar-refractivity contribution in [2.24, 2.45) is 11.8 Å². The van der Waals surface area contributed by atoms with Crippen LogP contribution in [0.3, 0.4) is 0 Å². The normalized spacial score (nSPS) is 28.9. The Morgan fingerprint density at radius 1 is 0.793 bits per heavy atom. The van der Waals surface area contributed by atoms with E-state index in [1.165, 1.54) is 11.0 Å². The zero-order chi connectivity index (χ0) is 19.9. The van der Waals surface area contributed by atoms with Crippen LogP contribution in [0.1, 0.15) is 28.2 Å². The summed E-state index contributed by atoms with van der Waals surface area (Å²) >= 11 is 3.96. The minimum Gasteiger partial charge on any atom is -0.506 e. The van der Waals surface area contributed by atoms with Crippen LogP contribution in [0.15, 0.2) is 72.8 Å². The maximum absolute atomic E-state index is 13.7. The summed E-state index contributed by atoms with van der Waals surface area (Å²) in [6.07, 6.45) is 0. The predicted molar refractivity (Wildman–Crippen MR) is 112 cm³/mol. The number of anilines is 1. The quantitative estimate of drug-likeness (QED) is 0.448. The highest BCUT2D eigenvalue weighted by molar-refractivity contribution is 9.09. The molecule has 4 aliphatic rings. The fourth-order valence-electron chi connectivity index (χ4n) is 5.57. The van der Waals surface area contributed by atoms with Gasteiger partial charge in [0, 0.05) is 5.92 Å². The molecule has 1 heterocycles. The van der Waals surface area contributed by atoms with Crippen LogP contribution in [0.25, 0.3) is 0 Å². The van der Waals surface area contributed by atoms with Crippen molar-refractivity contribution in [3.05, 3.63) is 95.1 Å². The largest absolute Gasteiger partial charge is 0.506 e. The van der Waals surface area contributed by atoms with Crippen molar-refractivity contribution in [2.45, 2.75) is 10.2 Å². The van der Waals surface area contributed by atoms with Gasteiger partial charge in [0.1, 0.15) is 5.75 Å². The van der Waals surface area contributed by atoms with E-state index in [-0.39, 0.29) is 29.2 Å². The third-order valence-electron chi connectivity index (χ3n) is 6.64. The number of phenolic OH excluding ortho intramolecular Hbond substituents is 1. The lowest BCUT2D eigenvalue weighted by Crippen LogP contribution is -2.50. The molecule has 1 aliphatic heterocycles. The van der Waals surface area contributed by atoms with Crippen molar-refractivity contribution >= 4 is 33.4 Å². The molecule has 1 saturated heterocycles. The smallest absolute Gasteiger partial charge is 0.239 e. The molecule has 5 heteroatoms. The SMILES string of the molecule is O=C1[C@@H]2C3c4ccccc4C(Br)(c4ccccc43)[C@H]2C(=O)N1c1ccccc1O. The molecule has 2 bridgehead atoms. The molecule has 0 spiro atoms. The first-order valence-corrected chi connectivity index (χ1v) is 10.4. The first kappa shape index (κ1) is 17.0. The van der Waals surface area contributed by atoms with E-state index in [9.17, 15) is 14.7 Å². The van der Waals surface area contributed by atoms with E-state index < -0.39 is 16.2 Å². The molecule has 29 heavy (non-hydrogen) atoms. The number of para-hydroxylation sites is 2. The van der Waals surface area contributed by atoms with Crippen molar-refractivity contribution in [3.63, 3.8) is 0 Å².